The molecule has 1 N–H and O–H groups in total. The average molecular weight is 432 g/mol. The monoisotopic (exact) mass is 431 g/mol. The highest BCUT2D eigenvalue weighted by Gasteiger charge is 2.33. The van der Waals surface area contributed by atoms with Gasteiger partial charge in [0, 0.05) is 11.1 Å². The maximum absolute atomic E-state index is 13.5. The number of amides is 2. The predicted octanol–water partition coefficient (Wildman–Crippen LogP) is 4.37. The van der Waals surface area contributed by atoms with E-state index in [1.165, 1.54) is 16.2 Å². The molecule has 0 saturated carbocycles. The normalized spacial score (nSPS) is 11.6. The van der Waals surface area contributed by atoms with Crippen LogP contribution in [0.3, 0.4) is 0 Å². The number of anilines is 1. The van der Waals surface area contributed by atoms with Crippen LogP contribution in [0.5, 0.6) is 0 Å². The Morgan fingerprint density at radius 3 is 2.58 bits per heavy atom. The molecule has 4 rings (SSSR count). The van der Waals surface area contributed by atoms with Gasteiger partial charge in [-0.15, -0.1) is 11.3 Å². The summed E-state index contributed by atoms with van der Waals surface area (Å²) in [6.07, 6.45) is 4.99. The Bertz CT molecular complexity index is 1100. The Kier molecular flexibility index (Phi) is 6.54. The number of hydrogen-bond donors (Lipinski definition) is 1. The van der Waals surface area contributed by atoms with Crippen molar-refractivity contribution in [2.24, 2.45) is 0 Å². The first-order valence-corrected chi connectivity index (χ1v) is 10.7. The van der Waals surface area contributed by atoms with E-state index in [2.05, 4.69) is 10.3 Å². The molecule has 0 bridgehead atoms. The average Bonchev–Trinajstić information content (AvgIpc) is 3.51. The Labute approximate surface area is 184 Å². The third kappa shape index (κ3) is 5.07. The summed E-state index contributed by atoms with van der Waals surface area (Å²) in [5.74, 6) is 0.154. The SMILES string of the molecule is O=C(NCc1ccco1)[C@H](c1ccccc1)N(C(=O)Cc1cccs1)c1cccnc1. The maximum atomic E-state index is 13.5. The van der Waals surface area contributed by atoms with Crippen LogP contribution in [-0.4, -0.2) is 16.8 Å². The lowest BCUT2D eigenvalue weighted by molar-refractivity contribution is -0.126. The molecule has 31 heavy (non-hydrogen) atoms. The second-order valence-corrected chi connectivity index (χ2v) is 7.87. The number of aromatic nitrogens is 1. The molecule has 1 aromatic carbocycles. The second kappa shape index (κ2) is 9.86. The van der Waals surface area contributed by atoms with E-state index in [9.17, 15) is 9.59 Å². The van der Waals surface area contributed by atoms with Crippen LogP contribution in [0.15, 0.2) is 95.2 Å². The summed E-state index contributed by atoms with van der Waals surface area (Å²) in [6.45, 7) is 0.231. The number of carbonyl (C=O) groups excluding carboxylic acids is 2. The summed E-state index contributed by atoms with van der Waals surface area (Å²) in [5.41, 5.74) is 1.27. The van der Waals surface area contributed by atoms with Crippen LogP contribution >= 0.6 is 11.3 Å². The largest absolute Gasteiger partial charge is 0.467 e. The highest BCUT2D eigenvalue weighted by atomic mass is 32.1. The van der Waals surface area contributed by atoms with E-state index in [-0.39, 0.29) is 24.8 Å². The molecule has 156 valence electrons. The predicted molar refractivity (Wildman–Crippen MR) is 119 cm³/mol. The Morgan fingerprint density at radius 1 is 1.03 bits per heavy atom. The smallest absolute Gasteiger partial charge is 0.248 e. The zero-order valence-corrected chi connectivity index (χ0v) is 17.5. The molecule has 7 heteroatoms. The van der Waals surface area contributed by atoms with Crippen molar-refractivity contribution in [2.45, 2.75) is 19.0 Å². The Morgan fingerprint density at radius 2 is 1.90 bits per heavy atom. The van der Waals surface area contributed by atoms with Gasteiger partial charge in [-0.25, -0.2) is 0 Å². The molecule has 6 nitrogen and oxygen atoms in total. The van der Waals surface area contributed by atoms with Crippen molar-refractivity contribution in [2.75, 3.05) is 4.90 Å². The number of rotatable bonds is 8. The third-order valence-electron chi connectivity index (χ3n) is 4.74. The summed E-state index contributed by atoms with van der Waals surface area (Å²) in [4.78, 5) is 33.5. The Hall–Kier alpha value is -3.71. The second-order valence-electron chi connectivity index (χ2n) is 6.84. The minimum absolute atomic E-state index is 0.183. The van der Waals surface area contributed by atoms with Gasteiger partial charge < -0.3 is 9.73 Å². The standard InChI is InChI=1S/C24H21N3O3S/c28-22(15-21-11-6-14-31-21)27(19-9-4-12-25-16-19)23(18-7-2-1-3-8-18)24(29)26-17-20-10-5-13-30-20/h1-14,16,23H,15,17H2,(H,26,29)/t23-/m0/s1. The first-order chi connectivity index (χ1) is 15.2. The van der Waals surface area contributed by atoms with Crippen molar-refractivity contribution in [3.8, 4) is 0 Å². The zero-order chi connectivity index (χ0) is 21.5. The third-order valence-corrected chi connectivity index (χ3v) is 5.61. The van der Waals surface area contributed by atoms with Crippen molar-refractivity contribution < 1.29 is 14.0 Å². The van der Waals surface area contributed by atoms with E-state index in [1.54, 1.807) is 42.9 Å². The van der Waals surface area contributed by atoms with Crippen LogP contribution in [0, 0.1) is 0 Å². The van der Waals surface area contributed by atoms with Crippen molar-refractivity contribution in [1.82, 2.24) is 10.3 Å². The topological polar surface area (TPSA) is 75.4 Å². The van der Waals surface area contributed by atoms with E-state index >= 15 is 0 Å². The molecule has 0 aliphatic carbocycles. The van der Waals surface area contributed by atoms with E-state index in [0.29, 0.717) is 17.0 Å². The number of benzene rings is 1. The van der Waals surface area contributed by atoms with E-state index in [1.807, 2.05) is 47.8 Å². The molecule has 3 heterocycles. The van der Waals surface area contributed by atoms with Gasteiger partial charge in [-0.1, -0.05) is 36.4 Å². The van der Waals surface area contributed by atoms with Crippen molar-refractivity contribution in [3.63, 3.8) is 0 Å². The number of hydrogen-bond acceptors (Lipinski definition) is 5. The Balaban J connectivity index is 1.70. The molecule has 0 saturated heterocycles. The summed E-state index contributed by atoms with van der Waals surface area (Å²) in [7, 11) is 0. The van der Waals surface area contributed by atoms with Crippen LogP contribution < -0.4 is 10.2 Å². The molecular weight excluding hydrogens is 410 g/mol. The van der Waals surface area contributed by atoms with Crippen LogP contribution in [0.2, 0.25) is 0 Å². The van der Waals surface area contributed by atoms with Gasteiger partial charge in [0.05, 0.1) is 31.1 Å². The summed E-state index contributed by atoms with van der Waals surface area (Å²) in [5, 5.41) is 4.84. The zero-order valence-electron chi connectivity index (χ0n) is 16.7. The van der Waals surface area contributed by atoms with Crippen molar-refractivity contribution in [3.05, 3.63) is 107 Å². The molecule has 0 aliphatic rings. The number of carbonyl (C=O) groups is 2. The number of nitrogens with zero attached hydrogens (tertiary/aromatic N) is 2. The van der Waals surface area contributed by atoms with Gasteiger partial charge in [-0.2, -0.15) is 0 Å². The molecule has 4 aromatic rings. The van der Waals surface area contributed by atoms with E-state index in [0.717, 1.165) is 4.88 Å². The highest BCUT2D eigenvalue weighted by molar-refractivity contribution is 7.10. The quantitative estimate of drug-likeness (QED) is 0.450. The number of furan rings is 1. The molecule has 0 aliphatic heterocycles. The molecule has 0 unspecified atom stereocenters. The van der Waals surface area contributed by atoms with Crippen LogP contribution in [0.25, 0.3) is 0 Å². The molecule has 3 aromatic heterocycles. The first kappa shape index (κ1) is 20.6. The lowest BCUT2D eigenvalue weighted by atomic mass is 10.0. The molecule has 2 amide bonds. The van der Waals surface area contributed by atoms with Gasteiger partial charge >= 0.3 is 0 Å². The summed E-state index contributed by atoms with van der Waals surface area (Å²) >= 11 is 1.51. The van der Waals surface area contributed by atoms with Crippen LogP contribution in [-0.2, 0) is 22.6 Å². The van der Waals surface area contributed by atoms with Crippen molar-refractivity contribution in [1.29, 1.82) is 0 Å². The van der Waals surface area contributed by atoms with Gasteiger partial charge in [-0.05, 0) is 41.3 Å². The van der Waals surface area contributed by atoms with Gasteiger partial charge in [0.1, 0.15) is 11.8 Å². The summed E-state index contributed by atoms with van der Waals surface area (Å²) in [6, 6.07) is 19.3. The van der Waals surface area contributed by atoms with Gasteiger partial charge in [0.2, 0.25) is 11.8 Å². The fourth-order valence-corrected chi connectivity index (χ4v) is 4.01. The molecule has 0 spiro atoms. The fraction of sp³-hybridized carbons (Fsp3) is 0.125. The van der Waals surface area contributed by atoms with E-state index in [4.69, 9.17) is 4.42 Å². The van der Waals surface area contributed by atoms with Crippen molar-refractivity contribution >= 4 is 28.8 Å². The lowest BCUT2D eigenvalue weighted by Crippen LogP contribution is -2.44. The van der Waals surface area contributed by atoms with Crippen LogP contribution in [0.1, 0.15) is 22.2 Å². The molecule has 0 fully saturated rings. The number of nitrogens with one attached hydrogen (secondary N) is 1. The minimum atomic E-state index is -0.854. The first-order valence-electron chi connectivity index (χ1n) is 9.82. The summed E-state index contributed by atoms with van der Waals surface area (Å²) < 4.78 is 5.33. The van der Waals surface area contributed by atoms with Gasteiger partial charge in [0.25, 0.3) is 0 Å². The fourth-order valence-electron chi connectivity index (χ4n) is 3.32. The highest BCUT2D eigenvalue weighted by Crippen LogP contribution is 2.29. The van der Waals surface area contributed by atoms with Gasteiger partial charge in [0.15, 0.2) is 0 Å². The molecule has 1 atom stereocenters. The maximum Gasteiger partial charge on any atom is 0.248 e. The molecular formula is C24H21N3O3S. The number of thiophene rings is 1. The van der Waals surface area contributed by atoms with Gasteiger partial charge in [-0.3, -0.25) is 19.5 Å². The minimum Gasteiger partial charge on any atom is -0.467 e. The molecule has 0 radical (unpaired) electrons. The lowest BCUT2D eigenvalue weighted by Gasteiger charge is -2.31. The van der Waals surface area contributed by atoms with E-state index < -0.39 is 6.04 Å². The number of pyridine rings is 1. The van der Waals surface area contributed by atoms with Crippen LogP contribution in [0.4, 0.5) is 5.69 Å².